The molecular weight excluding hydrogens is 392 g/mol. The van der Waals surface area contributed by atoms with Crippen LogP contribution >= 0.6 is 46.5 Å². The number of nitrogens with one attached hydrogen (secondary N) is 1. The van der Waals surface area contributed by atoms with Gasteiger partial charge < -0.3 is 5.32 Å². The second-order valence-electron chi connectivity index (χ2n) is 4.44. The Kier molecular flexibility index (Phi) is 7.28. The van der Waals surface area contributed by atoms with Gasteiger partial charge in [0.15, 0.2) is 8.68 Å². The minimum absolute atomic E-state index is 0.0783. The molecule has 1 aromatic carbocycles. The number of hydrogen-bond acceptors (Lipinski definition) is 8. The Morgan fingerprint density at radius 3 is 2.75 bits per heavy atom. The fourth-order valence-corrected chi connectivity index (χ4v) is 4.50. The van der Waals surface area contributed by atoms with Crippen LogP contribution in [0.4, 0.5) is 11.4 Å². The summed E-state index contributed by atoms with van der Waals surface area (Å²) >= 11 is 10.1. The summed E-state index contributed by atoms with van der Waals surface area (Å²) in [6, 6.07) is 4.01. The van der Waals surface area contributed by atoms with E-state index >= 15 is 0 Å². The third kappa shape index (κ3) is 5.62. The Balaban J connectivity index is 1.93. The highest BCUT2D eigenvalue weighted by molar-refractivity contribution is 8.03. The zero-order chi connectivity index (χ0) is 17.5. The van der Waals surface area contributed by atoms with E-state index in [1.54, 1.807) is 11.8 Å². The molecule has 0 aliphatic rings. The number of nitrogens with zero attached hydrogens (tertiary/aromatic N) is 3. The lowest BCUT2D eigenvalue weighted by atomic mass is 10.2. The van der Waals surface area contributed by atoms with Gasteiger partial charge in [0.1, 0.15) is 5.69 Å². The fraction of sp³-hybridized carbons (Fsp3) is 0.308. The second-order valence-corrected chi connectivity index (χ2v) is 8.42. The molecule has 0 aliphatic heterocycles. The van der Waals surface area contributed by atoms with Gasteiger partial charge in [-0.1, -0.05) is 53.4 Å². The summed E-state index contributed by atoms with van der Waals surface area (Å²) in [4.78, 5) is 22.4. The number of benzene rings is 1. The highest BCUT2D eigenvalue weighted by Crippen LogP contribution is 2.30. The van der Waals surface area contributed by atoms with Crippen LogP contribution in [0.1, 0.15) is 13.3 Å². The standard InChI is InChI=1S/C13H13ClN4O3S3/c1-2-5-22-12-16-17-13(24-12)23-7-11(19)15-9-6-8(14)3-4-10(9)18(20)21/h3-4,6H,2,5,7H2,1H3,(H,15,19). The molecule has 0 atom stereocenters. The summed E-state index contributed by atoms with van der Waals surface area (Å²) in [6.45, 7) is 2.09. The van der Waals surface area contributed by atoms with Gasteiger partial charge in [0.25, 0.3) is 5.69 Å². The minimum atomic E-state index is -0.568. The van der Waals surface area contributed by atoms with E-state index in [2.05, 4.69) is 22.4 Å². The van der Waals surface area contributed by atoms with Gasteiger partial charge in [0.2, 0.25) is 5.91 Å². The number of carbonyl (C=O) groups is 1. The van der Waals surface area contributed by atoms with Crippen LogP contribution in [-0.2, 0) is 4.79 Å². The summed E-state index contributed by atoms with van der Waals surface area (Å²) in [6.07, 6.45) is 1.05. The average molecular weight is 405 g/mol. The number of rotatable bonds is 8. The van der Waals surface area contributed by atoms with Crippen molar-refractivity contribution in [1.29, 1.82) is 0 Å². The predicted molar refractivity (Wildman–Crippen MR) is 98.4 cm³/mol. The van der Waals surface area contributed by atoms with Gasteiger partial charge in [-0.25, -0.2) is 0 Å². The van der Waals surface area contributed by atoms with E-state index in [1.165, 1.54) is 41.3 Å². The zero-order valence-electron chi connectivity index (χ0n) is 12.5. The molecule has 0 saturated carbocycles. The van der Waals surface area contributed by atoms with Crippen LogP contribution < -0.4 is 5.32 Å². The smallest absolute Gasteiger partial charge is 0.292 e. The lowest BCUT2D eigenvalue weighted by Gasteiger charge is -2.05. The van der Waals surface area contributed by atoms with Gasteiger partial charge in [-0.2, -0.15) is 0 Å². The molecule has 0 bridgehead atoms. The highest BCUT2D eigenvalue weighted by atomic mass is 35.5. The lowest BCUT2D eigenvalue weighted by molar-refractivity contribution is -0.383. The van der Waals surface area contributed by atoms with E-state index < -0.39 is 4.92 Å². The van der Waals surface area contributed by atoms with Crippen molar-refractivity contribution >= 4 is 63.7 Å². The number of anilines is 1. The number of halogens is 1. The summed E-state index contributed by atoms with van der Waals surface area (Å²) in [5, 5.41) is 21.8. The van der Waals surface area contributed by atoms with Crippen molar-refractivity contribution < 1.29 is 9.72 Å². The number of aromatic nitrogens is 2. The number of carbonyl (C=O) groups excluding carboxylic acids is 1. The molecular formula is C13H13ClN4O3S3. The van der Waals surface area contributed by atoms with Gasteiger partial charge in [-0.3, -0.25) is 14.9 Å². The van der Waals surface area contributed by atoms with Crippen LogP contribution in [0.2, 0.25) is 5.02 Å². The molecule has 0 radical (unpaired) electrons. The molecule has 7 nitrogen and oxygen atoms in total. The minimum Gasteiger partial charge on any atom is -0.320 e. The zero-order valence-corrected chi connectivity index (χ0v) is 15.7. The van der Waals surface area contributed by atoms with Gasteiger partial charge in [-0.05, 0) is 18.6 Å². The topological polar surface area (TPSA) is 98.0 Å². The van der Waals surface area contributed by atoms with Crippen LogP contribution in [0.5, 0.6) is 0 Å². The Labute approximate surface area is 155 Å². The van der Waals surface area contributed by atoms with Crippen molar-refractivity contribution in [1.82, 2.24) is 10.2 Å². The third-order valence-electron chi connectivity index (χ3n) is 2.57. The maximum Gasteiger partial charge on any atom is 0.292 e. The van der Waals surface area contributed by atoms with E-state index in [4.69, 9.17) is 11.6 Å². The van der Waals surface area contributed by atoms with Crippen LogP contribution in [0.25, 0.3) is 0 Å². The van der Waals surface area contributed by atoms with E-state index in [0.717, 1.165) is 16.5 Å². The maximum absolute atomic E-state index is 12.0. The number of amides is 1. The maximum atomic E-state index is 12.0. The molecule has 0 aliphatic carbocycles. The third-order valence-corrected chi connectivity index (χ3v) is 6.20. The van der Waals surface area contributed by atoms with Crippen LogP contribution in [0, 0.1) is 10.1 Å². The lowest BCUT2D eigenvalue weighted by Crippen LogP contribution is -2.15. The largest absolute Gasteiger partial charge is 0.320 e. The number of nitro benzene ring substituents is 1. The molecule has 1 aromatic heterocycles. The van der Waals surface area contributed by atoms with Crippen molar-refractivity contribution in [2.24, 2.45) is 0 Å². The Morgan fingerprint density at radius 1 is 1.38 bits per heavy atom. The van der Waals surface area contributed by atoms with Crippen LogP contribution in [0.3, 0.4) is 0 Å². The summed E-state index contributed by atoms with van der Waals surface area (Å²) in [5.74, 6) is 0.679. The summed E-state index contributed by atoms with van der Waals surface area (Å²) in [7, 11) is 0. The average Bonchev–Trinajstić information content (AvgIpc) is 2.98. The monoisotopic (exact) mass is 404 g/mol. The number of thioether (sulfide) groups is 2. The molecule has 0 fully saturated rings. The summed E-state index contributed by atoms with van der Waals surface area (Å²) < 4.78 is 1.55. The SMILES string of the molecule is CCCSc1nnc(SCC(=O)Nc2cc(Cl)ccc2[N+](=O)[O-])s1. The quantitative estimate of drug-likeness (QED) is 0.397. The van der Waals surface area contributed by atoms with E-state index in [0.29, 0.717) is 9.36 Å². The van der Waals surface area contributed by atoms with E-state index in [-0.39, 0.29) is 23.0 Å². The van der Waals surface area contributed by atoms with Gasteiger partial charge >= 0.3 is 0 Å². The summed E-state index contributed by atoms with van der Waals surface area (Å²) in [5.41, 5.74) is -0.124. The molecule has 1 amide bonds. The molecule has 11 heteroatoms. The van der Waals surface area contributed by atoms with Gasteiger partial charge in [0.05, 0.1) is 10.7 Å². The normalized spacial score (nSPS) is 10.6. The number of nitro groups is 1. The molecule has 2 rings (SSSR count). The molecule has 2 aromatic rings. The highest BCUT2D eigenvalue weighted by Gasteiger charge is 2.17. The predicted octanol–water partition coefficient (Wildman–Crippen LogP) is 4.33. The molecule has 24 heavy (non-hydrogen) atoms. The molecule has 128 valence electrons. The molecule has 1 heterocycles. The van der Waals surface area contributed by atoms with Crippen LogP contribution in [-0.4, -0.2) is 32.5 Å². The van der Waals surface area contributed by atoms with E-state index in [1.807, 2.05) is 0 Å². The molecule has 1 N–H and O–H groups in total. The Morgan fingerprint density at radius 2 is 2.08 bits per heavy atom. The first-order chi connectivity index (χ1) is 11.5. The second kappa shape index (κ2) is 9.21. The van der Waals surface area contributed by atoms with Gasteiger partial charge in [0, 0.05) is 16.8 Å². The van der Waals surface area contributed by atoms with Crippen molar-refractivity contribution in [2.75, 3.05) is 16.8 Å². The first-order valence-corrected chi connectivity index (χ1v) is 9.99. The molecule has 0 unspecified atom stereocenters. The first kappa shape index (κ1) is 19.0. The Bertz CT molecular complexity index is 741. The van der Waals surface area contributed by atoms with Gasteiger partial charge in [-0.15, -0.1) is 10.2 Å². The van der Waals surface area contributed by atoms with Crippen molar-refractivity contribution in [3.05, 3.63) is 33.3 Å². The van der Waals surface area contributed by atoms with Crippen molar-refractivity contribution in [3.63, 3.8) is 0 Å². The van der Waals surface area contributed by atoms with Crippen molar-refractivity contribution in [3.8, 4) is 0 Å². The van der Waals surface area contributed by atoms with Crippen molar-refractivity contribution in [2.45, 2.75) is 22.0 Å². The fourth-order valence-electron chi connectivity index (χ4n) is 1.58. The van der Waals surface area contributed by atoms with E-state index in [9.17, 15) is 14.9 Å². The molecule has 0 spiro atoms. The molecule has 0 saturated heterocycles. The Hall–Kier alpha value is -1.36. The first-order valence-electron chi connectivity index (χ1n) is 6.82. The van der Waals surface area contributed by atoms with Crippen LogP contribution in [0.15, 0.2) is 26.9 Å². The number of hydrogen-bond donors (Lipinski definition) is 1.